The standard InChI is InChI=1S/C18H24ClF3N2O3S/c1-4-24(13-7-8-28(26,27)10-13)17(25)16(11(2)3)23-15-6-5-12(9-14(15)19)18(20,21)22/h5-6,9,11,13,16,23H,4,7-8,10H2,1-3H3. The lowest BCUT2D eigenvalue weighted by Crippen LogP contribution is -2.50. The van der Waals surface area contributed by atoms with Gasteiger partial charge in [0.2, 0.25) is 5.91 Å². The van der Waals surface area contributed by atoms with Gasteiger partial charge in [0.1, 0.15) is 6.04 Å². The van der Waals surface area contributed by atoms with Gasteiger partial charge in [0.25, 0.3) is 0 Å². The second-order valence-electron chi connectivity index (χ2n) is 7.24. The van der Waals surface area contributed by atoms with Crippen LogP contribution in [0.3, 0.4) is 0 Å². The summed E-state index contributed by atoms with van der Waals surface area (Å²) in [6.07, 6.45) is -4.13. The number of hydrogen-bond acceptors (Lipinski definition) is 4. The predicted octanol–water partition coefficient (Wildman–Crippen LogP) is 3.83. The summed E-state index contributed by atoms with van der Waals surface area (Å²) in [6, 6.07) is 1.76. The number of halogens is 4. The van der Waals surface area contributed by atoms with E-state index in [-0.39, 0.29) is 34.0 Å². The first-order valence-electron chi connectivity index (χ1n) is 9.00. The van der Waals surface area contributed by atoms with E-state index in [9.17, 15) is 26.4 Å². The molecule has 2 atom stereocenters. The number of nitrogens with zero attached hydrogens (tertiary/aromatic N) is 1. The van der Waals surface area contributed by atoms with Gasteiger partial charge in [-0.2, -0.15) is 13.2 Å². The molecule has 2 rings (SSSR count). The minimum Gasteiger partial charge on any atom is -0.372 e. The van der Waals surface area contributed by atoms with Crippen LogP contribution in [-0.4, -0.2) is 49.4 Å². The first kappa shape index (κ1) is 22.8. The molecular formula is C18H24ClF3N2O3S. The molecule has 0 spiro atoms. The number of hydrogen-bond donors (Lipinski definition) is 1. The van der Waals surface area contributed by atoms with E-state index in [1.54, 1.807) is 20.8 Å². The normalized spacial score (nSPS) is 20.2. The van der Waals surface area contributed by atoms with Gasteiger partial charge in [-0.25, -0.2) is 8.42 Å². The van der Waals surface area contributed by atoms with Crippen LogP contribution >= 0.6 is 11.6 Å². The molecule has 28 heavy (non-hydrogen) atoms. The average Bonchev–Trinajstić information content (AvgIpc) is 2.92. The van der Waals surface area contributed by atoms with Crippen molar-refractivity contribution in [1.82, 2.24) is 4.90 Å². The Morgan fingerprint density at radius 1 is 1.36 bits per heavy atom. The first-order chi connectivity index (χ1) is 12.9. The molecule has 0 aromatic heterocycles. The van der Waals surface area contributed by atoms with Gasteiger partial charge >= 0.3 is 6.18 Å². The zero-order valence-corrected chi connectivity index (χ0v) is 17.5. The smallest absolute Gasteiger partial charge is 0.372 e. The van der Waals surface area contributed by atoms with Crippen molar-refractivity contribution in [3.05, 3.63) is 28.8 Å². The number of amides is 1. The Labute approximate surface area is 168 Å². The number of likely N-dealkylation sites (N-methyl/N-ethyl adjacent to an activating group) is 1. The van der Waals surface area contributed by atoms with Crippen LogP contribution in [0.15, 0.2) is 18.2 Å². The highest BCUT2D eigenvalue weighted by Gasteiger charge is 2.37. The van der Waals surface area contributed by atoms with E-state index in [4.69, 9.17) is 11.6 Å². The second-order valence-corrected chi connectivity index (χ2v) is 9.88. The van der Waals surface area contributed by atoms with Crippen molar-refractivity contribution in [1.29, 1.82) is 0 Å². The Morgan fingerprint density at radius 3 is 2.43 bits per heavy atom. The zero-order chi connectivity index (χ0) is 21.3. The SMILES string of the molecule is CCN(C(=O)C(Nc1ccc(C(F)(F)F)cc1Cl)C(C)C)C1CCS(=O)(=O)C1. The van der Waals surface area contributed by atoms with Crippen LogP contribution in [0.2, 0.25) is 5.02 Å². The Balaban J connectivity index is 2.24. The van der Waals surface area contributed by atoms with Gasteiger partial charge in [-0.05, 0) is 37.5 Å². The van der Waals surface area contributed by atoms with E-state index in [0.29, 0.717) is 13.0 Å². The summed E-state index contributed by atoms with van der Waals surface area (Å²) in [5, 5.41) is 2.81. The van der Waals surface area contributed by atoms with Gasteiger partial charge in [-0.1, -0.05) is 25.4 Å². The lowest BCUT2D eigenvalue weighted by molar-refractivity contribution is -0.137. The number of carbonyl (C=O) groups is 1. The topological polar surface area (TPSA) is 66.5 Å². The summed E-state index contributed by atoms with van der Waals surface area (Å²) in [5.41, 5.74) is -0.654. The maximum Gasteiger partial charge on any atom is 0.416 e. The van der Waals surface area contributed by atoms with Crippen LogP contribution in [0.5, 0.6) is 0 Å². The fraction of sp³-hybridized carbons (Fsp3) is 0.611. The van der Waals surface area contributed by atoms with Crippen LogP contribution in [0, 0.1) is 5.92 Å². The molecule has 1 fully saturated rings. The third-order valence-electron chi connectivity index (χ3n) is 4.81. The lowest BCUT2D eigenvalue weighted by atomic mass is 10.0. The van der Waals surface area contributed by atoms with E-state index >= 15 is 0 Å². The third-order valence-corrected chi connectivity index (χ3v) is 6.88. The number of sulfone groups is 1. The maximum atomic E-state index is 13.1. The van der Waals surface area contributed by atoms with Gasteiger partial charge in [0.05, 0.1) is 27.8 Å². The van der Waals surface area contributed by atoms with Crippen molar-refractivity contribution in [2.75, 3.05) is 23.4 Å². The summed E-state index contributed by atoms with van der Waals surface area (Å²) in [5.74, 6) is -0.516. The molecule has 2 unspecified atom stereocenters. The Morgan fingerprint density at radius 2 is 2.00 bits per heavy atom. The quantitative estimate of drug-likeness (QED) is 0.730. The number of nitrogens with one attached hydrogen (secondary N) is 1. The first-order valence-corrected chi connectivity index (χ1v) is 11.2. The van der Waals surface area contributed by atoms with Gasteiger partial charge in [-0.3, -0.25) is 4.79 Å². The molecule has 1 saturated heterocycles. The Bertz CT molecular complexity index is 828. The Kier molecular flexibility index (Phi) is 6.91. The van der Waals surface area contributed by atoms with Crippen LogP contribution in [-0.2, 0) is 20.8 Å². The minimum atomic E-state index is -4.51. The monoisotopic (exact) mass is 440 g/mol. The molecule has 1 aromatic carbocycles. The van der Waals surface area contributed by atoms with Crippen molar-refractivity contribution in [2.24, 2.45) is 5.92 Å². The molecule has 0 bridgehead atoms. The van der Waals surface area contributed by atoms with Crippen molar-refractivity contribution in [2.45, 2.75) is 45.5 Å². The summed E-state index contributed by atoms with van der Waals surface area (Å²) in [7, 11) is -3.16. The average molecular weight is 441 g/mol. The zero-order valence-electron chi connectivity index (χ0n) is 15.9. The molecule has 1 heterocycles. The van der Waals surface area contributed by atoms with Gasteiger partial charge in [0, 0.05) is 12.6 Å². The van der Waals surface area contributed by atoms with Gasteiger partial charge in [0.15, 0.2) is 9.84 Å². The summed E-state index contributed by atoms with van der Waals surface area (Å²) >= 11 is 6.00. The number of rotatable bonds is 6. The number of anilines is 1. The van der Waals surface area contributed by atoms with E-state index in [2.05, 4.69) is 5.32 Å². The van der Waals surface area contributed by atoms with Crippen molar-refractivity contribution in [3.8, 4) is 0 Å². The summed E-state index contributed by atoms with van der Waals surface area (Å²) in [6.45, 7) is 5.70. The molecule has 1 aliphatic rings. The highest BCUT2D eigenvalue weighted by atomic mass is 35.5. The second kappa shape index (κ2) is 8.49. The summed E-state index contributed by atoms with van der Waals surface area (Å²) in [4.78, 5) is 14.6. The van der Waals surface area contributed by atoms with Crippen LogP contribution in [0.4, 0.5) is 18.9 Å². The molecule has 5 nitrogen and oxygen atoms in total. The fourth-order valence-corrected chi connectivity index (χ4v) is 5.25. The van der Waals surface area contributed by atoms with E-state index in [0.717, 1.165) is 12.1 Å². The predicted molar refractivity (Wildman–Crippen MR) is 103 cm³/mol. The number of benzene rings is 1. The molecule has 1 amide bonds. The van der Waals surface area contributed by atoms with Crippen molar-refractivity contribution < 1.29 is 26.4 Å². The van der Waals surface area contributed by atoms with Gasteiger partial charge < -0.3 is 10.2 Å². The molecule has 10 heteroatoms. The highest BCUT2D eigenvalue weighted by Crippen LogP contribution is 2.34. The molecule has 0 saturated carbocycles. The van der Waals surface area contributed by atoms with E-state index in [1.807, 2.05) is 0 Å². The largest absolute Gasteiger partial charge is 0.416 e. The van der Waals surface area contributed by atoms with Crippen LogP contribution in [0.25, 0.3) is 0 Å². The fourth-order valence-electron chi connectivity index (χ4n) is 3.28. The van der Waals surface area contributed by atoms with Crippen LogP contribution < -0.4 is 5.32 Å². The molecule has 158 valence electrons. The highest BCUT2D eigenvalue weighted by molar-refractivity contribution is 7.91. The molecule has 1 N–H and O–H groups in total. The maximum absolute atomic E-state index is 13.1. The lowest BCUT2D eigenvalue weighted by Gasteiger charge is -2.33. The molecule has 0 aliphatic carbocycles. The van der Waals surface area contributed by atoms with E-state index in [1.165, 1.54) is 11.0 Å². The number of carbonyl (C=O) groups excluding carboxylic acids is 1. The molecule has 1 aliphatic heterocycles. The van der Waals surface area contributed by atoms with Crippen LogP contribution in [0.1, 0.15) is 32.8 Å². The third kappa shape index (κ3) is 5.31. The van der Waals surface area contributed by atoms with E-state index < -0.39 is 33.7 Å². The molecular weight excluding hydrogens is 417 g/mol. The van der Waals surface area contributed by atoms with Gasteiger partial charge in [-0.15, -0.1) is 0 Å². The molecule has 0 radical (unpaired) electrons. The van der Waals surface area contributed by atoms with Crippen molar-refractivity contribution in [3.63, 3.8) is 0 Å². The van der Waals surface area contributed by atoms with Crippen molar-refractivity contribution >= 4 is 33.0 Å². The minimum absolute atomic E-state index is 0.0476. The number of alkyl halides is 3. The molecule has 1 aromatic rings. The summed E-state index contributed by atoms with van der Waals surface area (Å²) < 4.78 is 62.0. The Hall–Kier alpha value is -1.48.